The Balaban J connectivity index is 1.81. The summed E-state index contributed by atoms with van der Waals surface area (Å²) in [4.78, 5) is 18.5. The Morgan fingerprint density at radius 3 is 1.98 bits per heavy atom. The van der Waals surface area contributed by atoms with E-state index in [4.69, 9.17) is 27.7 Å². The molecule has 0 bridgehead atoms. The first-order valence-corrected chi connectivity index (χ1v) is 24.4. The topological polar surface area (TPSA) is 81.0 Å². The zero-order chi connectivity index (χ0) is 32.6. The Labute approximate surface area is 262 Å². The van der Waals surface area contributed by atoms with Crippen molar-refractivity contribution in [1.82, 2.24) is 9.55 Å². The molecule has 43 heavy (non-hydrogen) atoms. The summed E-state index contributed by atoms with van der Waals surface area (Å²) in [7, 11) is -6.69. The van der Waals surface area contributed by atoms with Gasteiger partial charge in [-0.25, -0.2) is 4.57 Å². The number of benzene rings is 1. The van der Waals surface area contributed by atoms with Gasteiger partial charge >= 0.3 is 6.01 Å². The van der Waals surface area contributed by atoms with E-state index in [-0.39, 0.29) is 26.7 Å². The van der Waals surface area contributed by atoms with Crippen LogP contribution < -0.4 is 10.3 Å². The van der Waals surface area contributed by atoms with Crippen LogP contribution in [0, 0.1) is 0 Å². The smallest absolute Gasteiger partial charge is 0.302 e. The number of ether oxygens (including phenoxy) is 2. The predicted octanol–water partition coefficient (Wildman–Crippen LogP) is 7.86. The van der Waals surface area contributed by atoms with Crippen LogP contribution in [0.4, 0.5) is 0 Å². The highest BCUT2D eigenvalue weighted by molar-refractivity contribution is 6.75. The maximum absolute atomic E-state index is 13.8. The SMILES string of the molecule is CC(C)(C)[Si](C)(C)OC[C@H](O[Si](C)(C)C(C)(C)C)[C@H]1O[C@H]2[C@H](Oc3nc4ccccc4c(=O)n32)[C@H]1O[Si](C)(C)C(C)(C)C. The predicted molar refractivity (Wildman–Crippen MR) is 182 cm³/mol. The Morgan fingerprint density at radius 2 is 1.42 bits per heavy atom. The van der Waals surface area contributed by atoms with E-state index < -0.39 is 55.6 Å². The third kappa shape index (κ3) is 6.50. The monoisotopic (exact) mass is 648 g/mol. The first-order chi connectivity index (χ1) is 19.4. The number of nitrogens with zero attached hydrogens (tertiary/aromatic N) is 2. The number of hydrogen-bond donors (Lipinski definition) is 0. The minimum Gasteiger partial charge on any atom is -0.454 e. The van der Waals surface area contributed by atoms with Crippen molar-refractivity contribution in [2.45, 2.75) is 147 Å². The lowest BCUT2D eigenvalue weighted by Crippen LogP contribution is -2.56. The van der Waals surface area contributed by atoms with E-state index >= 15 is 0 Å². The van der Waals surface area contributed by atoms with Gasteiger partial charge in [-0.3, -0.25) is 4.79 Å². The standard InChI is InChI=1S/C32H56N2O6Si3/c1-30(2,3)41(10,11)36-20-23(39-42(12,13)31(4,5)6)24-25(40-43(14,15)32(7,8)9)26-28(37-24)34-27(35)21-18-16-17-19-22(21)33-29(34)38-26/h16-19,23-26,28H,20H2,1-15H3/t23-,24+,25-,26+,28-/m0/s1. The third-order valence-electron chi connectivity index (χ3n) is 10.8. The first-order valence-electron chi connectivity index (χ1n) is 15.7. The molecule has 0 saturated carbocycles. The van der Waals surface area contributed by atoms with Gasteiger partial charge in [0.1, 0.15) is 12.2 Å². The van der Waals surface area contributed by atoms with Gasteiger partial charge in [0.2, 0.25) is 0 Å². The molecule has 242 valence electrons. The fourth-order valence-corrected chi connectivity index (χ4v) is 8.39. The molecule has 1 aromatic carbocycles. The highest BCUT2D eigenvalue weighted by Gasteiger charge is 2.59. The molecule has 3 heterocycles. The van der Waals surface area contributed by atoms with Crippen LogP contribution in [0.1, 0.15) is 68.5 Å². The molecule has 5 atom stereocenters. The highest BCUT2D eigenvalue weighted by atomic mass is 28.4. The molecule has 0 N–H and O–H groups in total. The van der Waals surface area contributed by atoms with Crippen molar-refractivity contribution in [3.05, 3.63) is 34.6 Å². The summed E-state index contributed by atoms with van der Waals surface area (Å²) in [5, 5.41) is 0.522. The van der Waals surface area contributed by atoms with Gasteiger partial charge in [-0.1, -0.05) is 74.4 Å². The van der Waals surface area contributed by atoms with E-state index in [9.17, 15) is 4.79 Å². The van der Waals surface area contributed by atoms with Crippen molar-refractivity contribution in [3.63, 3.8) is 0 Å². The van der Waals surface area contributed by atoms with Crippen LogP contribution in [0.25, 0.3) is 10.9 Å². The quantitative estimate of drug-likeness (QED) is 0.270. The molecule has 8 nitrogen and oxygen atoms in total. The van der Waals surface area contributed by atoms with Crippen LogP contribution in [0.3, 0.4) is 0 Å². The summed E-state index contributed by atoms with van der Waals surface area (Å²) < 4.78 is 36.2. The fraction of sp³-hybridized carbons (Fsp3) is 0.750. The molecule has 2 aromatic rings. The van der Waals surface area contributed by atoms with E-state index in [0.29, 0.717) is 17.5 Å². The lowest BCUT2D eigenvalue weighted by molar-refractivity contribution is -0.0870. The second-order valence-corrected chi connectivity index (χ2v) is 31.3. The molecule has 2 aliphatic rings. The normalized spacial score (nSPS) is 24.2. The number of rotatable bonds is 8. The Kier molecular flexibility index (Phi) is 8.97. The molecule has 0 spiro atoms. The molecular formula is C32H56N2O6Si3. The summed E-state index contributed by atoms with van der Waals surface area (Å²) in [6, 6.07) is 7.65. The average Bonchev–Trinajstić information content (AvgIpc) is 3.36. The Morgan fingerprint density at radius 1 is 0.860 bits per heavy atom. The number of hydrogen-bond acceptors (Lipinski definition) is 7. The minimum absolute atomic E-state index is 0.0185. The fourth-order valence-electron chi connectivity index (χ4n) is 4.76. The number of para-hydroxylation sites is 1. The summed E-state index contributed by atoms with van der Waals surface area (Å²) >= 11 is 0. The van der Waals surface area contributed by atoms with E-state index in [1.807, 2.05) is 18.2 Å². The molecule has 1 saturated heterocycles. The van der Waals surface area contributed by atoms with Crippen LogP contribution in [0.2, 0.25) is 54.4 Å². The van der Waals surface area contributed by atoms with Gasteiger partial charge in [0, 0.05) is 0 Å². The molecule has 0 radical (unpaired) electrons. The molecule has 11 heteroatoms. The average molecular weight is 649 g/mol. The van der Waals surface area contributed by atoms with Gasteiger partial charge in [0.25, 0.3) is 5.56 Å². The minimum atomic E-state index is -2.31. The van der Waals surface area contributed by atoms with E-state index in [0.717, 1.165) is 0 Å². The van der Waals surface area contributed by atoms with E-state index in [1.54, 1.807) is 10.6 Å². The van der Waals surface area contributed by atoms with Crippen LogP contribution in [-0.4, -0.2) is 65.5 Å². The largest absolute Gasteiger partial charge is 0.454 e. The second-order valence-electron chi connectivity index (χ2n) is 17.0. The van der Waals surface area contributed by atoms with Crippen LogP contribution in [0.5, 0.6) is 6.01 Å². The lowest BCUT2D eigenvalue weighted by Gasteiger charge is -2.45. The molecule has 2 aliphatic heterocycles. The van der Waals surface area contributed by atoms with Gasteiger partial charge in [-0.2, -0.15) is 4.98 Å². The van der Waals surface area contributed by atoms with E-state index in [1.165, 1.54) is 0 Å². The first kappa shape index (κ1) is 34.5. The molecule has 0 amide bonds. The van der Waals surface area contributed by atoms with E-state index in [2.05, 4.69) is 102 Å². The Bertz CT molecular complexity index is 1390. The molecule has 1 aromatic heterocycles. The van der Waals surface area contributed by atoms with Gasteiger partial charge in [0.05, 0.1) is 23.6 Å². The maximum Gasteiger partial charge on any atom is 0.302 e. The second kappa shape index (κ2) is 11.2. The van der Waals surface area contributed by atoms with Gasteiger partial charge in [-0.15, -0.1) is 0 Å². The van der Waals surface area contributed by atoms with Crippen molar-refractivity contribution in [2.24, 2.45) is 0 Å². The van der Waals surface area contributed by atoms with Crippen molar-refractivity contribution < 1.29 is 22.8 Å². The van der Waals surface area contributed by atoms with Crippen molar-refractivity contribution >= 4 is 35.9 Å². The molecule has 0 aliphatic carbocycles. The molecular weight excluding hydrogens is 593 g/mol. The maximum atomic E-state index is 13.8. The van der Waals surface area contributed by atoms with Crippen molar-refractivity contribution in [3.8, 4) is 6.01 Å². The highest BCUT2D eigenvalue weighted by Crippen LogP contribution is 2.47. The molecule has 1 fully saturated rings. The zero-order valence-corrected chi connectivity index (χ0v) is 32.2. The van der Waals surface area contributed by atoms with Crippen molar-refractivity contribution in [1.29, 1.82) is 0 Å². The number of aromatic nitrogens is 2. The summed E-state index contributed by atoms with van der Waals surface area (Å²) in [5.41, 5.74) is 0.443. The van der Waals surface area contributed by atoms with Gasteiger partial charge < -0.3 is 22.8 Å². The Hall–Kier alpha value is -1.35. The number of fused-ring (bicyclic) bond motifs is 4. The third-order valence-corrected chi connectivity index (χ3v) is 24.2. The van der Waals surface area contributed by atoms with Gasteiger partial charge in [0.15, 0.2) is 37.3 Å². The summed E-state index contributed by atoms with van der Waals surface area (Å²) in [6.07, 6.45) is -2.55. The molecule has 0 unspecified atom stereocenters. The summed E-state index contributed by atoms with van der Waals surface area (Å²) in [5.74, 6) is 0. The van der Waals surface area contributed by atoms with Crippen LogP contribution in [-0.2, 0) is 18.0 Å². The summed E-state index contributed by atoms with van der Waals surface area (Å²) in [6.45, 7) is 34.1. The van der Waals surface area contributed by atoms with Crippen LogP contribution >= 0.6 is 0 Å². The zero-order valence-electron chi connectivity index (χ0n) is 29.2. The lowest BCUT2D eigenvalue weighted by atomic mass is 10.1. The van der Waals surface area contributed by atoms with Gasteiger partial charge in [-0.05, 0) is 66.5 Å². The van der Waals surface area contributed by atoms with Crippen molar-refractivity contribution in [2.75, 3.05) is 6.61 Å². The molecule has 4 rings (SSSR count). The van der Waals surface area contributed by atoms with Crippen LogP contribution in [0.15, 0.2) is 29.1 Å².